The second-order valence-corrected chi connectivity index (χ2v) is 6.53. The van der Waals surface area contributed by atoms with Crippen molar-refractivity contribution >= 4 is 41.0 Å². The fourth-order valence-electron chi connectivity index (χ4n) is 1.93. The van der Waals surface area contributed by atoms with Gasteiger partial charge in [0.1, 0.15) is 6.04 Å². The highest BCUT2D eigenvalue weighted by Crippen LogP contribution is 2.21. The highest BCUT2D eigenvalue weighted by atomic mass is 35.5. The number of ether oxygens (including phenoxy) is 1. The van der Waals surface area contributed by atoms with Crippen LogP contribution in [0.15, 0.2) is 18.2 Å². The lowest BCUT2D eigenvalue weighted by Crippen LogP contribution is -2.46. The molecule has 1 aromatic carbocycles. The molecule has 140 valence electrons. The molecule has 0 aliphatic rings. The van der Waals surface area contributed by atoms with Gasteiger partial charge in [-0.05, 0) is 24.1 Å². The van der Waals surface area contributed by atoms with E-state index >= 15 is 0 Å². The summed E-state index contributed by atoms with van der Waals surface area (Å²) < 4.78 is 4.94. The number of nitrogens with zero attached hydrogens (tertiary/aromatic N) is 1. The third-order valence-electron chi connectivity index (χ3n) is 3.29. The SMILES string of the molecule is CC(C)[C@H](NC(=O)c1ccc(Cl)cc1Cl)C(=O)OCC(=O)NCCC#N. The number of amides is 2. The number of nitriles is 1. The Morgan fingerprint density at radius 1 is 1.27 bits per heavy atom. The zero-order chi connectivity index (χ0) is 19.7. The molecule has 1 atom stereocenters. The Labute approximate surface area is 161 Å². The van der Waals surface area contributed by atoms with Crippen molar-refractivity contribution in [2.45, 2.75) is 26.3 Å². The maximum atomic E-state index is 12.4. The van der Waals surface area contributed by atoms with Crippen LogP contribution in [0.25, 0.3) is 0 Å². The van der Waals surface area contributed by atoms with Crippen LogP contribution in [-0.4, -0.2) is 37.0 Å². The number of hydrogen-bond donors (Lipinski definition) is 2. The predicted molar refractivity (Wildman–Crippen MR) is 96.8 cm³/mol. The van der Waals surface area contributed by atoms with E-state index in [9.17, 15) is 14.4 Å². The standard InChI is InChI=1S/C17H19Cl2N3O4/c1-10(2)15(17(25)26-9-14(23)21-7-3-6-20)22-16(24)12-5-4-11(18)8-13(12)19/h4-5,8,10,15H,3,7,9H2,1-2H3,(H,21,23)(H,22,24)/t15-/m0/s1. The molecule has 1 rings (SSSR count). The third kappa shape index (κ3) is 6.90. The predicted octanol–water partition coefficient (Wildman–Crippen LogP) is 2.32. The van der Waals surface area contributed by atoms with Gasteiger partial charge in [0, 0.05) is 11.6 Å². The summed E-state index contributed by atoms with van der Waals surface area (Å²) in [6.45, 7) is 3.13. The van der Waals surface area contributed by atoms with Gasteiger partial charge in [0.2, 0.25) is 0 Å². The van der Waals surface area contributed by atoms with Gasteiger partial charge in [-0.2, -0.15) is 5.26 Å². The summed E-state index contributed by atoms with van der Waals surface area (Å²) >= 11 is 11.8. The van der Waals surface area contributed by atoms with Gasteiger partial charge >= 0.3 is 5.97 Å². The van der Waals surface area contributed by atoms with Crippen LogP contribution in [0.2, 0.25) is 10.0 Å². The van der Waals surface area contributed by atoms with Crippen LogP contribution in [0, 0.1) is 17.2 Å². The van der Waals surface area contributed by atoms with Crippen LogP contribution in [0.5, 0.6) is 0 Å². The Morgan fingerprint density at radius 3 is 2.54 bits per heavy atom. The minimum atomic E-state index is -0.957. The number of carbonyl (C=O) groups excluding carboxylic acids is 3. The molecule has 0 heterocycles. The minimum Gasteiger partial charge on any atom is -0.454 e. The van der Waals surface area contributed by atoms with E-state index in [1.54, 1.807) is 13.8 Å². The lowest BCUT2D eigenvalue weighted by molar-refractivity contribution is -0.151. The van der Waals surface area contributed by atoms with Crippen molar-refractivity contribution in [1.82, 2.24) is 10.6 Å². The largest absolute Gasteiger partial charge is 0.454 e. The van der Waals surface area contributed by atoms with E-state index in [0.29, 0.717) is 5.02 Å². The normalized spacial score (nSPS) is 11.4. The number of rotatable bonds is 8. The van der Waals surface area contributed by atoms with Crippen molar-refractivity contribution in [2.24, 2.45) is 5.92 Å². The van der Waals surface area contributed by atoms with Gasteiger partial charge in [-0.25, -0.2) is 4.79 Å². The van der Waals surface area contributed by atoms with Gasteiger partial charge in [0.25, 0.3) is 11.8 Å². The van der Waals surface area contributed by atoms with Crippen molar-refractivity contribution in [2.75, 3.05) is 13.2 Å². The van der Waals surface area contributed by atoms with Gasteiger partial charge in [-0.3, -0.25) is 9.59 Å². The molecule has 0 aliphatic carbocycles. The van der Waals surface area contributed by atoms with E-state index in [-0.39, 0.29) is 29.5 Å². The van der Waals surface area contributed by atoms with Crippen molar-refractivity contribution in [3.63, 3.8) is 0 Å². The van der Waals surface area contributed by atoms with Crippen LogP contribution in [0.3, 0.4) is 0 Å². The first-order valence-electron chi connectivity index (χ1n) is 7.82. The number of esters is 1. The molecule has 0 saturated carbocycles. The van der Waals surface area contributed by atoms with Crippen molar-refractivity contribution in [1.29, 1.82) is 5.26 Å². The molecule has 1 aromatic rings. The first-order valence-corrected chi connectivity index (χ1v) is 8.58. The van der Waals surface area contributed by atoms with E-state index in [1.807, 2.05) is 6.07 Å². The molecule has 0 bridgehead atoms. The molecule has 0 aromatic heterocycles. The number of halogens is 2. The van der Waals surface area contributed by atoms with Crippen molar-refractivity contribution in [3.05, 3.63) is 33.8 Å². The van der Waals surface area contributed by atoms with Crippen LogP contribution >= 0.6 is 23.2 Å². The fourth-order valence-corrected chi connectivity index (χ4v) is 2.42. The van der Waals surface area contributed by atoms with Gasteiger partial charge in [-0.1, -0.05) is 37.0 Å². The van der Waals surface area contributed by atoms with Gasteiger partial charge in [0.05, 0.1) is 23.1 Å². The topological polar surface area (TPSA) is 108 Å². The quantitative estimate of drug-likeness (QED) is 0.514. The fraction of sp³-hybridized carbons (Fsp3) is 0.412. The molecule has 0 aliphatic heterocycles. The number of carbonyl (C=O) groups is 3. The first-order chi connectivity index (χ1) is 12.3. The summed E-state index contributed by atoms with van der Waals surface area (Å²) in [5, 5.41) is 13.9. The Balaban J connectivity index is 2.67. The van der Waals surface area contributed by atoms with E-state index in [1.165, 1.54) is 18.2 Å². The zero-order valence-corrected chi connectivity index (χ0v) is 15.9. The molecule has 2 N–H and O–H groups in total. The molecule has 0 radical (unpaired) electrons. The monoisotopic (exact) mass is 399 g/mol. The van der Waals surface area contributed by atoms with Crippen LogP contribution in [-0.2, 0) is 14.3 Å². The maximum absolute atomic E-state index is 12.4. The summed E-state index contributed by atoms with van der Waals surface area (Å²) in [6.07, 6.45) is 0.159. The summed E-state index contributed by atoms with van der Waals surface area (Å²) in [5.41, 5.74) is 0.170. The molecule has 0 unspecified atom stereocenters. The molecular weight excluding hydrogens is 381 g/mol. The zero-order valence-electron chi connectivity index (χ0n) is 14.3. The Bertz CT molecular complexity index is 716. The first kappa shape index (κ1) is 21.7. The lowest BCUT2D eigenvalue weighted by atomic mass is 10.0. The molecule has 0 saturated heterocycles. The average Bonchev–Trinajstić information content (AvgIpc) is 2.57. The smallest absolute Gasteiger partial charge is 0.329 e. The average molecular weight is 400 g/mol. The van der Waals surface area contributed by atoms with E-state index < -0.39 is 30.4 Å². The van der Waals surface area contributed by atoms with Gasteiger partial charge < -0.3 is 15.4 Å². The lowest BCUT2D eigenvalue weighted by Gasteiger charge is -2.21. The number of benzene rings is 1. The summed E-state index contributed by atoms with van der Waals surface area (Å²) in [7, 11) is 0. The third-order valence-corrected chi connectivity index (χ3v) is 3.84. The minimum absolute atomic E-state index is 0.155. The summed E-state index contributed by atoms with van der Waals surface area (Å²) in [4.78, 5) is 36.1. The maximum Gasteiger partial charge on any atom is 0.329 e. The second-order valence-electron chi connectivity index (χ2n) is 5.69. The van der Waals surface area contributed by atoms with Gasteiger partial charge in [0.15, 0.2) is 6.61 Å². The Kier molecular flexibility index (Phi) is 8.90. The van der Waals surface area contributed by atoms with E-state index in [2.05, 4.69) is 10.6 Å². The van der Waals surface area contributed by atoms with Crippen molar-refractivity contribution < 1.29 is 19.1 Å². The van der Waals surface area contributed by atoms with Crippen LogP contribution in [0.4, 0.5) is 0 Å². The summed E-state index contributed by atoms with van der Waals surface area (Å²) in [6, 6.07) is 5.30. The van der Waals surface area contributed by atoms with Gasteiger partial charge in [-0.15, -0.1) is 0 Å². The molecular formula is C17H19Cl2N3O4. The van der Waals surface area contributed by atoms with Crippen LogP contribution < -0.4 is 10.6 Å². The van der Waals surface area contributed by atoms with E-state index in [4.69, 9.17) is 33.2 Å². The number of nitrogens with one attached hydrogen (secondary N) is 2. The molecule has 2 amide bonds. The van der Waals surface area contributed by atoms with E-state index in [0.717, 1.165) is 0 Å². The molecule has 0 fully saturated rings. The summed E-state index contributed by atoms with van der Waals surface area (Å²) in [5.74, 6) is -2.10. The van der Waals surface area contributed by atoms with Crippen LogP contribution in [0.1, 0.15) is 30.6 Å². The Hall–Kier alpha value is -2.30. The molecule has 7 nitrogen and oxygen atoms in total. The highest BCUT2D eigenvalue weighted by Gasteiger charge is 2.27. The Morgan fingerprint density at radius 2 is 1.96 bits per heavy atom. The highest BCUT2D eigenvalue weighted by molar-refractivity contribution is 6.36. The van der Waals surface area contributed by atoms with Crippen molar-refractivity contribution in [3.8, 4) is 6.07 Å². The molecule has 0 spiro atoms. The molecule has 26 heavy (non-hydrogen) atoms. The molecule has 9 heteroatoms. The number of hydrogen-bond acceptors (Lipinski definition) is 5. The second kappa shape index (κ2) is 10.6.